The molecule has 0 atom stereocenters. The normalized spacial score (nSPS) is 34.4. The van der Waals surface area contributed by atoms with Gasteiger partial charge in [0, 0.05) is 96.2 Å². The molecule has 0 unspecified atom stereocenters. The molecule has 4 aliphatic carbocycles. The molecule has 0 aromatic rings. The highest BCUT2D eigenvalue weighted by atomic mass is 19.1. The highest BCUT2D eigenvalue weighted by Gasteiger charge is 2.32. The molecule has 0 radical (unpaired) electrons. The lowest BCUT2D eigenvalue weighted by molar-refractivity contribution is 0.00308. The van der Waals surface area contributed by atoms with Crippen molar-refractivity contribution in [2.75, 3.05) is 98.9 Å². The zero-order valence-corrected chi connectivity index (χ0v) is 43.3. The molecule has 8 rings (SSSR count). The molecule has 63 heavy (non-hydrogen) atoms. The molecule has 4 heterocycles. The quantitative estimate of drug-likeness (QED) is 0.240. The summed E-state index contributed by atoms with van der Waals surface area (Å²) in [5.41, 5.74) is 0. The number of morpholine rings is 1. The molecule has 8 heteroatoms. The molecule has 0 aromatic carbocycles. The van der Waals surface area contributed by atoms with Gasteiger partial charge in [-0.1, -0.05) is 55.4 Å². The minimum Gasteiger partial charge on any atom is -0.380 e. The van der Waals surface area contributed by atoms with Crippen LogP contribution in [0.5, 0.6) is 0 Å². The van der Waals surface area contributed by atoms with Crippen molar-refractivity contribution < 1.29 is 13.9 Å². The number of ether oxygens (including phenoxy) is 2. The minimum absolute atomic E-state index is 0.525. The van der Waals surface area contributed by atoms with Crippen LogP contribution >= 0.6 is 0 Å². The summed E-state index contributed by atoms with van der Waals surface area (Å²) in [6, 6.07) is 3.40. The predicted octanol–water partition coefficient (Wildman–Crippen LogP) is 11.5. The average molecular weight is 888 g/mol. The van der Waals surface area contributed by atoms with Gasteiger partial charge in [0.05, 0.1) is 19.8 Å². The summed E-state index contributed by atoms with van der Waals surface area (Å²) in [5, 5.41) is 0. The number of rotatable bonds is 8. The van der Waals surface area contributed by atoms with Gasteiger partial charge >= 0.3 is 0 Å². The lowest BCUT2D eigenvalue weighted by atomic mass is 9.79. The van der Waals surface area contributed by atoms with Crippen LogP contribution in [0.1, 0.15) is 177 Å². The fourth-order valence-electron chi connectivity index (χ4n) is 13.0. The van der Waals surface area contributed by atoms with E-state index in [2.05, 4.69) is 86.9 Å². The van der Waals surface area contributed by atoms with Gasteiger partial charge in [-0.2, -0.15) is 0 Å². The largest absolute Gasteiger partial charge is 0.380 e. The maximum atomic E-state index is 13.1. The fourth-order valence-corrected chi connectivity index (χ4v) is 13.0. The Balaban J connectivity index is 0.000000158. The Bertz CT molecular complexity index is 1080. The third-order valence-electron chi connectivity index (χ3n) is 18.1. The van der Waals surface area contributed by atoms with Crippen LogP contribution in [-0.4, -0.2) is 154 Å². The Morgan fingerprint density at radius 2 is 0.619 bits per heavy atom. The maximum absolute atomic E-state index is 13.1. The molecule has 0 N–H and O–H groups in total. The molecular weight excluding hydrogens is 782 g/mol. The molecular formula is C55H106FN5O2. The molecule has 8 aliphatic rings. The van der Waals surface area contributed by atoms with Gasteiger partial charge < -0.3 is 19.3 Å². The van der Waals surface area contributed by atoms with Gasteiger partial charge in [0.1, 0.15) is 6.17 Å². The first-order valence-electron chi connectivity index (χ1n) is 27.8. The average Bonchev–Trinajstić information content (AvgIpc) is 3.61. The molecule has 4 aliphatic heterocycles. The van der Waals surface area contributed by atoms with E-state index in [1.165, 1.54) is 142 Å². The summed E-state index contributed by atoms with van der Waals surface area (Å²) >= 11 is 0. The Labute approximate surface area is 391 Å². The van der Waals surface area contributed by atoms with E-state index in [0.717, 1.165) is 144 Å². The van der Waals surface area contributed by atoms with Crippen LogP contribution in [0, 0.1) is 47.3 Å². The van der Waals surface area contributed by atoms with Gasteiger partial charge in [0.2, 0.25) is 0 Å². The predicted molar refractivity (Wildman–Crippen MR) is 267 cm³/mol. The van der Waals surface area contributed by atoms with Crippen LogP contribution in [-0.2, 0) is 9.47 Å². The third-order valence-corrected chi connectivity index (χ3v) is 18.1. The third kappa shape index (κ3) is 18.6. The fraction of sp³-hybridized carbons (Fsp3) is 1.00. The summed E-state index contributed by atoms with van der Waals surface area (Å²) in [4.78, 5) is 13.1. The highest BCUT2D eigenvalue weighted by Crippen LogP contribution is 2.36. The van der Waals surface area contributed by atoms with Crippen LogP contribution in [0.15, 0.2) is 0 Å². The number of alkyl halides is 1. The van der Waals surface area contributed by atoms with Crippen LogP contribution in [0.3, 0.4) is 0 Å². The second-order valence-corrected chi connectivity index (χ2v) is 23.5. The van der Waals surface area contributed by atoms with Crippen LogP contribution in [0.4, 0.5) is 4.39 Å². The Morgan fingerprint density at radius 1 is 0.333 bits per heavy atom. The van der Waals surface area contributed by atoms with E-state index in [-0.39, 0.29) is 0 Å². The lowest BCUT2D eigenvalue weighted by Crippen LogP contribution is -2.50. The number of halogens is 1. The first kappa shape index (κ1) is 53.6. The van der Waals surface area contributed by atoms with Gasteiger partial charge in [0.25, 0.3) is 0 Å². The van der Waals surface area contributed by atoms with E-state index in [9.17, 15) is 4.39 Å². The summed E-state index contributed by atoms with van der Waals surface area (Å²) in [6.45, 7) is 34.7. The van der Waals surface area contributed by atoms with Crippen molar-refractivity contribution in [2.24, 2.45) is 47.3 Å². The number of piperidine rings is 1. The van der Waals surface area contributed by atoms with E-state index >= 15 is 0 Å². The Kier molecular flexibility index (Phi) is 24.6. The van der Waals surface area contributed by atoms with Crippen molar-refractivity contribution in [3.63, 3.8) is 0 Å². The second-order valence-electron chi connectivity index (χ2n) is 23.5. The van der Waals surface area contributed by atoms with Crippen molar-refractivity contribution in [3.05, 3.63) is 0 Å². The van der Waals surface area contributed by atoms with E-state index in [0.29, 0.717) is 0 Å². The van der Waals surface area contributed by atoms with Gasteiger partial charge in [-0.3, -0.25) is 14.7 Å². The molecule has 0 aromatic heterocycles. The highest BCUT2D eigenvalue weighted by molar-refractivity contribution is 4.86. The molecule has 4 saturated carbocycles. The number of piperazine rings is 1. The first-order valence-corrected chi connectivity index (χ1v) is 27.8. The molecule has 0 bridgehead atoms. The maximum Gasteiger partial charge on any atom is 0.103 e. The van der Waals surface area contributed by atoms with Crippen molar-refractivity contribution in [1.82, 2.24) is 24.5 Å². The van der Waals surface area contributed by atoms with Gasteiger partial charge in [-0.15, -0.1) is 0 Å². The second kappa shape index (κ2) is 28.9. The van der Waals surface area contributed by atoms with Crippen LogP contribution < -0.4 is 0 Å². The molecule has 4 saturated heterocycles. The van der Waals surface area contributed by atoms with Crippen molar-refractivity contribution >= 4 is 0 Å². The topological polar surface area (TPSA) is 34.7 Å². The molecule has 370 valence electrons. The number of likely N-dealkylation sites (N-methyl/N-ethyl adjacent to an activating group) is 1. The minimum atomic E-state index is -0.525. The van der Waals surface area contributed by atoms with E-state index in [1.807, 2.05) is 0 Å². The van der Waals surface area contributed by atoms with Gasteiger partial charge in [0.15, 0.2) is 0 Å². The van der Waals surface area contributed by atoms with Crippen molar-refractivity contribution in [2.45, 2.75) is 208 Å². The number of hydrogen-bond donors (Lipinski definition) is 0. The smallest absolute Gasteiger partial charge is 0.103 e. The summed E-state index contributed by atoms with van der Waals surface area (Å²) in [6.07, 6.45) is 25.0. The van der Waals surface area contributed by atoms with Crippen LogP contribution in [0.25, 0.3) is 0 Å². The zero-order valence-electron chi connectivity index (χ0n) is 43.3. The van der Waals surface area contributed by atoms with E-state index < -0.39 is 6.17 Å². The Morgan fingerprint density at radius 3 is 0.952 bits per heavy atom. The molecule has 8 fully saturated rings. The number of hydrogen-bond acceptors (Lipinski definition) is 7. The monoisotopic (exact) mass is 888 g/mol. The van der Waals surface area contributed by atoms with Gasteiger partial charge in [-0.25, -0.2) is 4.39 Å². The summed E-state index contributed by atoms with van der Waals surface area (Å²) in [7, 11) is 2.24. The number of likely N-dealkylation sites (tertiary alicyclic amines) is 1. The standard InChI is InChI=1S/C14H26FN.C14H28N2.C14H27NO.C13H25NO/c1-11(2)12-3-5-14(6-4-12)16-9-7-13(15)8-10-16;1-12(2)13-4-6-14(7-5-13)16-10-8-15(3)9-11-16;1-12(2)13-4-6-14(7-5-13)15-8-3-10-16-11-9-15;1-11(2)12-3-5-13(6-4-12)14-7-9-15-10-8-14/h11-14H,3-10H2,1-2H3;12-14H,4-11H2,1-3H3;12-14H,3-11H2,1-2H3;11-13H,3-10H2,1-2H3. The van der Waals surface area contributed by atoms with Crippen molar-refractivity contribution in [1.29, 1.82) is 0 Å². The molecule has 0 spiro atoms. The number of nitrogens with zero attached hydrogens (tertiary/aromatic N) is 5. The zero-order chi connectivity index (χ0) is 45.1. The van der Waals surface area contributed by atoms with E-state index in [1.54, 1.807) is 0 Å². The molecule has 0 amide bonds. The van der Waals surface area contributed by atoms with Crippen LogP contribution in [0.2, 0.25) is 0 Å². The first-order chi connectivity index (χ1) is 30.4. The van der Waals surface area contributed by atoms with Crippen molar-refractivity contribution in [3.8, 4) is 0 Å². The summed E-state index contributed by atoms with van der Waals surface area (Å²) in [5.74, 6) is 7.43. The van der Waals surface area contributed by atoms with Gasteiger partial charge in [-0.05, 0) is 176 Å². The lowest BCUT2D eigenvalue weighted by Gasteiger charge is -2.41. The Hall–Kier alpha value is -0.350. The van der Waals surface area contributed by atoms with E-state index in [4.69, 9.17) is 9.47 Å². The SMILES string of the molecule is CC(C)C1CCC(N2CCC(F)CC2)CC1.CC(C)C1CCC(N2CCCOCC2)CC1.CC(C)C1CCC(N2CCN(C)CC2)CC1.CC(C)C1CCC(N2CCOCC2)CC1. The summed E-state index contributed by atoms with van der Waals surface area (Å²) < 4.78 is 24.0. The molecule has 7 nitrogen and oxygen atoms in total.